The van der Waals surface area contributed by atoms with Crippen LogP contribution < -0.4 is 5.73 Å². The smallest absolute Gasteiger partial charge is 0.0659 e. The molecule has 4 nitrogen and oxygen atoms in total. The van der Waals surface area contributed by atoms with E-state index in [9.17, 15) is 0 Å². The average molecular weight is 167 g/mol. The maximum atomic E-state index is 5.79. The number of nitrogens with two attached hydrogens (primary N) is 1. The van der Waals surface area contributed by atoms with Crippen LogP contribution in [0.25, 0.3) is 0 Å². The average Bonchev–Trinajstić information content (AvgIpc) is 2.15. The van der Waals surface area contributed by atoms with Gasteiger partial charge in [0.05, 0.1) is 18.8 Å². The minimum Gasteiger partial charge on any atom is -0.380 e. The Labute approximate surface area is 71.8 Å². The van der Waals surface area contributed by atoms with E-state index in [1.807, 2.05) is 13.0 Å². The standard InChI is InChI=1S/C8H13N3O/c1-2-12-6-8(9)7-3-4-10-11-5-7/h3-5,8H,2,6,9H2,1H3. The van der Waals surface area contributed by atoms with Crippen LogP contribution in [0.15, 0.2) is 18.5 Å². The van der Waals surface area contributed by atoms with E-state index in [0.29, 0.717) is 13.2 Å². The first-order valence-electron chi connectivity index (χ1n) is 3.94. The van der Waals surface area contributed by atoms with Gasteiger partial charge in [0.1, 0.15) is 0 Å². The molecule has 0 aliphatic rings. The molecule has 1 unspecified atom stereocenters. The molecular formula is C8H13N3O. The second-order valence-corrected chi connectivity index (χ2v) is 2.44. The van der Waals surface area contributed by atoms with E-state index in [2.05, 4.69) is 10.2 Å². The summed E-state index contributed by atoms with van der Waals surface area (Å²) in [6.45, 7) is 3.16. The van der Waals surface area contributed by atoms with E-state index < -0.39 is 0 Å². The van der Waals surface area contributed by atoms with Crippen LogP contribution >= 0.6 is 0 Å². The normalized spacial score (nSPS) is 12.8. The van der Waals surface area contributed by atoms with Crippen molar-refractivity contribution in [3.05, 3.63) is 24.0 Å². The minimum absolute atomic E-state index is 0.0968. The molecule has 0 saturated heterocycles. The van der Waals surface area contributed by atoms with Crippen LogP contribution in [0.2, 0.25) is 0 Å². The Hall–Kier alpha value is -1.00. The summed E-state index contributed by atoms with van der Waals surface area (Å²) in [5.41, 5.74) is 6.75. The van der Waals surface area contributed by atoms with Crippen LogP contribution in [0.4, 0.5) is 0 Å². The molecule has 4 heteroatoms. The van der Waals surface area contributed by atoms with Crippen LogP contribution in [-0.4, -0.2) is 23.4 Å². The molecule has 0 aliphatic carbocycles. The van der Waals surface area contributed by atoms with E-state index >= 15 is 0 Å². The molecule has 0 spiro atoms. The number of nitrogens with zero attached hydrogens (tertiary/aromatic N) is 2. The first-order valence-corrected chi connectivity index (χ1v) is 3.94. The fourth-order valence-corrected chi connectivity index (χ4v) is 0.861. The molecule has 0 bridgehead atoms. The molecule has 1 aromatic heterocycles. The summed E-state index contributed by atoms with van der Waals surface area (Å²) in [4.78, 5) is 0. The lowest BCUT2D eigenvalue weighted by Crippen LogP contribution is -2.17. The second kappa shape index (κ2) is 4.79. The van der Waals surface area contributed by atoms with E-state index in [1.54, 1.807) is 12.4 Å². The summed E-state index contributed by atoms with van der Waals surface area (Å²) in [5.74, 6) is 0. The van der Waals surface area contributed by atoms with Crippen LogP contribution in [0.5, 0.6) is 0 Å². The molecule has 0 aromatic carbocycles. The number of hydrogen-bond acceptors (Lipinski definition) is 4. The van der Waals surface area contributed by atoms with Gasteiger partial charge in [0.2, 0.25) is 0 Å². The van der Waals surface area contributed by atoms with Gasteiger partial charge < -0.3 is 10.5 Å². The van der Waals surface area contributed by atoms with Crippen molar-refractivity contribution >= 4 is 0 Å². The fraction of sp³-hybridized carbons (Fsp3) is 0.500. The maximum absolute atomic E-state index is 5.79. The highest BCUT2D eigenvalue weighted by Crippen LogP contribution is 2.06. The molecule has 1 atom stereocenters. The third-order valence-corrected chi connectivity index (χ3v) is 1.54. The Morgan fingerprint density at radius 3 is 3.00 bits per heavy atom. The maximum Gasteiger partial charge on any atom is 0.0659 e. The zero-order valence-electron chi connectivity index (χ0n) is 7.10. The first kappa shape index (κ1) is 9.09. The fourth-order valence-electron chi connectivity index (χ4n) is 0.861. The van der Waals surface area contributed by atoms with Crippen molar-refractivity contribution in [2.75, 3.05) is 13.2 Å². The van der Waals surface area contributed by atoms with Gasteiger partial charge in [0, 0.05) is 12.8 Å². The third-order valence-electron chi connectivity index (χ3n) is 1.54. The quantitative estimate of drug-likeness (QED) is 0.709. The van der Waals surface area contributed by atoms with Crippen molar-refractivity contribution in [3.63, 3.8) is 0 Å². The molecule has 0 amide bonds. The molecular weight excluding hydrogens is 154 g/mol. The number of aromatic nitrogens is 2. The molecule has 0 radical (unpaired) electrons. The Morgan fingerprint density at radius 2 is 2.42 bits per heavy atom. The Bertz CT molecular complexity index is 215. The number of hydrogen-bond donors (Lipinski definition) is 1. The highest BCUT2D eigenvalue weighted by atomic mass is 16.5. The summed E-state index contributed by atoms with van der Waals surface area (Å²) in [5, 5.41) is 7.39. The van der Waals surface area contributed by atoms with E-state index in [4.69, 9.17) is 10.5 Å². The van der Waals surface area contributed by atoms with Crippen LogP contribution in [0, 0.1) is 0 Å². The summed E-state index contributed by atoms with van der Waals surface area (Å²) >= 11 is 0. The molecule has 1 aromatic rings. The summed E-state index contributed by atoms with van der Waals surface area (Å²) in [6, 6.07) is 1.75. The summed E-state index contributed by atoms with van der Waals surface area (Å²) < 4.78 is 5.18. The van der Waals surface area contributed by atoms with Crippen molar-refractivity contribution in [1.82, 2.24) is 10.2 Å². The molecule has 1 heterocycles. The number of rotatable bonds is 4. The lowest BCUT2D eigenvalue weighted by molar-refractivity contribution is 0.133. The van der Waals surface area contributed by atoms with Gasteiger partial charge in [-0.15, -0.1) is 0 Å². The van der Waals surface area contributed by atoms with Gasteiger partial charge in [-0.25, -0.2) is 0 Å². The predicted octanol–water partition coefficient (Wildman–Crippen LogP) is 0.513. The molecule has 0 fully saturated rings. The SMILES string of the molecule is CCOCC(N)c1ccnnc1. The van der Waals surface area contributed by atoms with Crippen molar-refractivity contribution in [2.24, 2.45) is 5.73 Å². The number of ether oxygens (including phenoxy) is 1. The van der Waals surface area contributed by atoms with E-state index in [1.165, 1.54) is 0 Å². The topological polar surface area (TPSA) is 61.0 Å². The lowest BCUT2D eigenvalue weighted by Gasteiger charge is -2.09. The van der Waals surface area contributed by atoms with Crippen molar-refractivity contribution in [3.8, 4) is 0 Å². The second-order valence-electron chi connectivity index (χ2n) is 2.44. The Balaban J connectivity index is 2.48. The van der Waals surface area contributed by atoms with Crippen LogP contribution in [-0.2, 0) is 4.74 Å². The molecule has 2 N–H and O–H groups in total. The molecule has 12 heavy (non-hydrogen) atoms. The third kappa shape index (κ3) is 2.56. The van der Waals surface area contributed by atoms with Gasteiger partial charge in [0.15, 0.2) is 0 Å². The van der Waals surface area contributed by atoms with Gasteiger partial charge in [-0.2, -0.15) is 10.2 Å². The molecule has 0 aliphatic heterocycles. The largest absolute Gasteiger partial charge is 0.380 e. The summed E-state index contributed by atoms with van der Waals surface area (Å²) in [6.07, 6.45) is 3.28. The Kier molecular flexibility index (Phi) is 3.63. The van der Waals surface area contributed by atoms with Gasteiger partial charge in [-0.3, -0.25) is 0 Å². The predicted molar refractivity (Wildman–Crippen MR) is 45.5 cm³/mol. The minimum atomic E-state index is -0.0968. The zero-order chi connectivity index (χ0) is 8.81. The monoisotopic (exact) mass is 167 g/mol. The molecule has 0 saturated carbocycles. The highest BCUT2D eigenvalue weighted by molar-refractivity contribution is 5.10. The van der Waals surface area contributed by atoms with Crippen LogP contribution in [0.1, 0.15) is 18.5 Å². The molecule has 66 valence electrons. The highest BCUT2D eigenvalue weighted by Gasteiger charge is 2.04. The van der Waals surface area contributed by atoms with E-state index in [-0.39, 0.29) is 6.04 Å². The van der Waals surface area contributed by atoms with E-state index in [0.717, 1.165) is 5.56 Å². The van der Waals surface area contributed by atoms with Gasteiger partial charge >= 0.3 is 0 Å². The van der Waals surface area contributed by atoms with Crippen LogP contribution in [0.3, 0.4) is 0 Å². The molecule has 1 rings (SSSR count). The summed E-state index contributed by atoms with van der Waals surface area (Å²) in [7, 11) is 0. The zero-order valence-corrected chi connectivity index (χ0v) is 7.10. The Morgan fingerprint density at radius 1 is 1.58 bits per heavy atom. The first-order chi connectivity index (χ1) is 5.84. The van der Waals surface area contributed by atoms with Gasteiger partial charge in [0.25, 0.3) is 0 Å². The van der Waals surface area contributed by atoms with Crippen molar-refractivity contribution in [1.29, 1.82) is 0 Å². The van der Waals surface area contributed by atoms with Gasteiger partial charge in [-0.1, -0.05) is 0 Å². The van der Waals surface area contributed by atoms with Gasteiger partial charge in [-0.05, 0) is 18.6 Å². The van der Waals surface area contributed by atoms with Crippen molar-refractivity contribution < 1.29 is 4.74 Å². The van der Waals surface area contributed by atoms with Crippen molar-refractivity contribution in [2.45, 2.75) is 13.0 Å². The lowest BCUT2D eigenvalue weighted by atomic mass is 10.2.